The molecule has 42 heavy (non-hydrogen) atoms. The number of aromatic nitrogens is 3. The second-order valence-corrected chi connectivity index (χ2v) is 10.4. The van der Waals surface area contributed by atoms with E-state index >= 15 is 0 Å². The maximum atomic E-state index is 13.4. The number of para-hydroxylation sites is 1. The zero-order valence-electron chi connectivity index (χ0n) is 23.5. The third-order valence-corrected chi connectivity index (χ3v) is 6.83. The van der Waals surface area contributed by atoms with E-state index in [9.17, 15) is 14.4 Å². The molecule has 11 heteroatoms. The number of pyridine rings is 1. The van der Waals surface area contributed by atoms with E-state index in [1.165, 1.54) is 4.90 Å². The van der Waals surface area contributed by atoms with Gasteiger partial charge in [-0.05, 0) is 36.6 Å². The summed E-state index contributed by atoms with van der Waals surface area (Å²) in [7, 11) is 0. The van der Waals surface area contributed by atoms with E-state index in [4.69, 9.17) is 10.2 Å². The number of nitrogens with one attached hydrogen (secondary N) is 1. The van der Waals surface area contributed by atoms with E-state index in [0.717, 1.165) is 11.1 Å². The number of benzodiazepines with no additional fused rings is 1. The highest BCUT2D eigenvalue weighted by molar-refractivity contribution is 6.19. The van der Waals surface area contributed by atoms with Gasteiger partial charge in [0, 0.05) is 11.8 Å². The van der Waals surface area contributed by atoms with Crippen LogP contribution in [0.2, 0.25) is 0 Å². The third kappa shape index (κ3) is 6.16. The van der Waals surface area contributed by atoms with Crippen molar-refractivity contribution in [3.8, 4) is 0 Å². The largest absolute Gasteiger partial charge is 0.418 e. The Bertz CT molecular complexity index is 1650. The topological polar surface area (TPSA) is 157 Å². The number of Topliss-reactive ketones (excluding diaryl/α,β-unsaturated/α-hetero) is 1. The molecule has 1 aliphatic rings. The number of benzene rings is 2. The Morgan fingerprint density at radius 2 is 1.83 bits per heavy atom. The fourth-order valence-electron chi connectivity index (χ4n) is 4.77. The lowest BCUT2D eigenvalue weighted by atomic mass is 9.99. The molecule has 3 heterocycles. The molecule has 3 N–H and O–H groups in total. The highest BCUT2D eigenvalue weighted by Gasteiger charge is 2.34. The van der Waals surface area contributed by atoms with Gasteiger partial charge in [-0.3, -0.25) is 29.3 Å². The second kappa shape index (κ2) is 12.2. The molecule has 0 unspecified atom stereocenters. The molecule has 0 bridgehead atoms. The Labute approximate surface area is 242 Å². The summed E-state index contributed by atoms with van der Waals surface area (Å²) in [6, 6.07) is 19.3. The molecule has 4 aromatic rings. The van der Waals surface area contributed by atoms with Crippen molar-refractivity contribution in [3.63, 3.8) is 0 Å². The summed E-state index contributed by atoms with van der Waals surface area (Å²) >= 11 is 0. The minimum Gasteiger partial charge on any atom is -0.418 e. The molecule has 0 aliphatic carbocycles. The molecule has 2 atom stereocenters. The van der Waals surface area contributed by atoms with Gasteiger partial charge in [0.2, 0.25) is 17.6 Å². The number of carbonyl (C=O) groups excluding carboxylic acids is 3. The molecule has 11 nitrogen and oxygen atoms in total. The Morgan fingerprint density at radius 3 is 2.57 bits per heavy atom. The van der Waals surface area contributed by atoms with Crippen LogP contribution in [0.3, 0.4) is 0 Å². The number of amides is 2. The number of aryl methyl sites for hydroxylation is 1. The minimum atomic E-state index is -1.25. The van der Waals surface area contributed by atoms with Crippen molar-refractivity contribution in [2.75, 3.05) is 11.4 Å². The predicted molar refractivity (Wildman–Crippen MR) is 156 cm³/mol. The Kier molecular flexibility index (Phi) is 8.30. The van der Waals surface area contributed by atoms with Crippen molar-refractivity contribution in [3.05, 3.63) is 107 Å². The van der Waals surface area contributed by atoms with Gasteiger partial charge in [-0.25, -0.2) is 0 Å². The van der Waals surface area contributed by atoms with Crippen LogP contribution >= 0.6 is 0 Å². The van der Waals surface area contributed by atoms with E-state index in [-0.39, 0.29) is 18.4 Å². The van der Waals surface area contributed by atoms with Crippen molar-refractivity contribution >= 4 is 29.0 Å². The van der Waals surface area contributed by atoms with Crippen LogP contribution < -0.4 is 16.0 Å². The van der Waals surface area contributed by atoms with Crippen LogP contribution in [0, 0.1) is 12.8 Å². The Morgan fingerprint density at radius 1 is 1.05 bits per heavy atom. The highest BCUT2D eigenvalue weighted by atomic mass is 16.4. The molecule has 0 saturated heterocycles. The molecular formula is C31H31N7O4. The molecule has 0 radical (unpaired) electrons. The Balaban J connectivity index is 1.34. The number of carbonyl (C=O) groups is 3. The average Bonchev–Trinajstić information content (AvgIpc) is 3.42. The lowest BCUT2D eigenvalue weighted by Crippen LogP contribution is -2.51. The van der Waals surface area contributed by atoms with E-state index in [2.05, 4.69) is 25.5 Å². The highest BCUT2D eigenvalue weighted by Crippen LogP contribution is 2.27. The zero-order chi connectivity index (χ0) is 29.8. The van der Waals surface area contributed by atoms with E-state index in [0.29, 0.717) is 35.0 Å². The summed E-state index contributed by atoms with van der Waals surface area (Å²) in [6.45, 7) is 5.19. The summed E-state index contributed by atoms with van der Waals surface area (Å²) in [4.78, 5) is 50.2. The quantitative estimate of drug-likeness (QED) is 0.293. The average molecular weight is 566 g/mol. The number of nitrogens with zero attached hydrogens (tertiary/aromatic N) is 5. The summed E-state index contributed by atoms with van der Waals surface area (Å²) in [5.74, 6) is -1.83. The van der Waals surface area contributed by atoms with Gasteiger partial charge in [-0.1, -0.05) is 67.9 Å². The number of fused-ring (bicyclic) bond motifs is 1. The SMILES string of the molecule is Cc1cccc(Cc2nnc(C(=O)[C@H](NC(=O)CN3C(=O)[C@H](N)N=C(c4ccccn4)c4ccccc43)C(C)C)o2)c1. The zero-order valence-corrected chi connectivity index (χ0v) is 23.5. The van der Waals surface area contributed by atoms with Crippen LogP contribution in [0.5, 0.6) is 0 Å². The van der Waals surface area contributed by atoms with E-state index in [1.54, 1.807) is 50.4 Å². The van der Waals surface area contributed by atoms with E-state index < -0.39 is 29.8 Å². The summed E-state index contributed by atoms with van der Waals surface area (Å²) in [5.41, 5.74) is 10.3. The van der Waals surface area contributed by atoms with Crippen molar-refractivity contribution in [1.29, 1.82) is 0 Å². The lowest BCUT2D eigenvalue weighted by molar-refractivity contribution is -0.124. The molecule has 2 aromatic heterocycles. The van der Waals surface area contributed by atoms with Gasteiger partial charge < -0.3 is 15.5 Å². The summed E-state index contributed by atoms with van der Waals surface area (Å²) in [5, 5.41) is 10.7. The lowest BCUT2D eigenvalue weighted by Gasteiger charge is -2.26. The van der Waals surface area contributed by atoms with Gasteiger partial charge in [0.1, 0.15) is 6.54 Å². The van der Waals surface area contributed by atoms with Crippen LogP contribution in [0.25, 0.3) is 0 Å². The summed E-state index contributed by atoms with van der Waals surface area (Å²) < 4.78 is 5.67. The number of nitrogens with two attached hydrogens (primary N) is 1. The van der Waals surface area contributed by atoms with Gasteiger partial charge in [0.25, 0.3) is 11.8 Å². The number of hydrogen-bond donors (Lipinski definition) is 2. The maximum absolute atomic E-state index is 13.4. The van der Waals surface area contributed by atoms with Gasteiger partial charge in [0.05, 0.1) is 29.6 Å². The molecule has 2 aromatic carbocycles. The van der Waals surface area contributed by atoms with Gasteiger partial charge in [-0.2, -0.15) is 0 Å². The normalized spacial score (nSPS) is 15.5. The van der Waals surface area contributed by atoms with Gasteiger partial charge in [0.15, 0.2) is 6.17 Å². The van der Waals surface area contributed by atoms with Crippen molar-refractivity contribution in [2.24, 2.45) is 16.6 Å². The number of anilines is 1. The number of rotatable bonds is 9. The predicted octanol–water partition coefficient (Wildman–Crippen LogP) is 2.86. The molecule has 0 spiro atoms. The number of aliphatic imine (C=N–C) groups is 1. The van der Waals surface area contributed by atoms with Crippen molar-refractivity contribution in [2.45, 2.75) is 39.4 Å². The molecule has 2 amide bonds. The molecule has 1 aliphatic heterocycles. The first-order valence-electron chi connectivity index (χ1n) is 13.6. The fourth-order valence-corrected chi connectivity index (χ4v) is 4.77. The molecule has 5 rings (SSSR count). The summed E-state index contributed by atoms with van der Waals surface area (Å²) in [6.07, 6.45) is 0.747. The van der Waals surface area contributed by atoms with Crippen LogP contribution in [0.1, 0.15) is 52.8 Å². The molecular weight excluding hydrogens is 534 g/mol. The monoisotopic (exact) mass is 565 g/mol. The minimum absolute atomic E-state index is 0.191. The van der Waals surface area contributed by atoms with Crippen LogP contribution in [-0.4, -0.2) is 57.2 Å². The maximum Gasteiger partial charge on any atom is 0.286 e. The van der Waals surface area contributed by atoms with Crippen LogP contribution in [-0.2, 0) is 16.0 Å². The van der Waals surface area contributed by atoms with Crippen molar-refractivity contribution in [1.82, 2.24) is 20.5 Å². The van der Waals surface area contributed by atoms with Crippen LogP contribution in [0.15, 0.2) is 82.3 Å². The first-order chi connectivity index (χ1) is 20.2. The first-order valence-corrected chi connectivity index (χ1v) is 13.6. The number of ketones is 1. The van der Waals surface area contributed by atoms with Gasteiger partial charge >= 0.3 is 0 Å². The van der Waals surface area contributed by atoms with Crippen molar-refractivity contribution < 1.29 is 18.8 Å². The van der Waals surface area contributed by atoms with E-state index in [1.807, 2.05) is 43.3 Å². The molecule has 0 fully saturated rings. The number of hydrogen-bond acceptors (Lipinski definition) is 9. The smallest absolute Gasteiger partial charge is 0.286 e. The fraction of sp³-hybridized carbons (Fsp3) is 0.258. The van der Waals surface area contributed by atoms with Crippen LogP contribution in [0.4, 0.5) is 5.69 Å². The molecule has 0 saturated carbocycles. The Hall–Kier alpha value is -5.03. The molecule has 214 valence electrons. The standard InChI is InChI=1S/C31H31N7O4/c1-18(2)26(28(40)30-37-36-25(42-30)16-20-10-8-9-19(3)15-20)34-24(39)17-38-23-13-5-4-11-21(23)27(35-29(32)31(38)41)22-12-6-7-14-33-22/h4-15,18,26,29H,16-17,32H2,1-3H3,(H,34,39)/t26-,29-/m1/s1. The van der Waals surface area contributed by atoms with Gasteiger partial charge in [-0.15, -0.1) is 10.2 Å². The first kappa shape index (κ1) is 28.5. The third-order valence-electron chi connectivity index (χ3n) is 6.83. The second-order valence-electron chi connectivity index (χ2n) is 10.4.